The largest absolute Gasteiger partial charge is 0.480 e. The predicted molar refractivity (Wildman–Crippen MR) is 73.0 cm³/mol. The van der Waals surface area contributed by atoms with E-state index in [0.29, 0.717) is 0 Å². The Morgan fingerprint density at radius 3 is 2.67 bits per heavy atom. The molecule has 0 fully saturated rings. The van der Waals surface area contributed by atoms with E-state index in [-0.39, 0.29) is 5.91 Å². The van der Waals surface area contributed by atoms with Gasteiger partial charge in [-0.15, -0.1) is 0 Å². The molecule has 0 aromatic heterocycles. The van der Waals surface area contributed by atoms with Crippen LogP contribution < -0.4 is 0 Å². The number of carbonyl (C=O) groups excluding carboxylic acids is 1. The molecule has 0 aliphatic carbocycles. The Bertz CT molecular complexity index is 485. The van der Waals surface area contributed by atoms with Crippen molar-refractivity contribution in [3.63, 3.8) is 0 Å². The molecule has 0 aliphatic rings. The first-order chi connectivity index (χ1) is 8.41. The van der Waals surface area contributed by atoms with E-state index in [1.54, 1.807) is 6.08 Å². The molecule has 4 nitrogen and oxygen atoms in total. The summed E-state index contributed by atoms with van der Waals surface area (Å²) in [7, 11) is 1.46. The van der Waals surface area contributed by atoms with E-state index in [9.17, 15) is 9.59 Å². The molecular weight excluding hydrogens is 298 g/mol. The van der Waals surface area contributed by atoms with Crippen LogP contribution in [0.5, 0.6) is 0 Å². The second kappa shape index (κ2) is 6.35. The van der Waals surface area contributed by atoms with Gasteiger partial charge in [0.25, 0.3) is 0 Å². The fourth-order valence-electron chi connectivity index (χ4n) is 1.25. The van der Waals surface area contributed by atoms with Gasteiger partial charge in [-0.3, -0.25) is 4.79 Å². The summed E-state index contributed by atoms with van der Waals surface area (Å²) in [5, 5.41) is 8.80. The third-order valence-electron chi connectivity index (χ3n) is 2.55. The molecule has 1 aromatic carbocycles. The van der Waals surface area contributed by atoms with Crippen LogP contribution in [0.4, 0.5) is 0 Å². The van der Waals surface area contributed by atoms with Crippen LogP contribution in [0, 0.1) is 0 Å². The summed E-state index contributed by atoms with van der Waals surface area (Å²) < 4.78 is 0.921. The standard InChI is InChI=1S/C13H14BrNO3/c1-9(13(17)18)15(2)12(16)7-6-10-4-3-5-11(14)8-10/h3-9H,1-2H3,(H,17,18). The highest BCUT2D eigenvalue weighted by molar-refractivity contribution is 9.10. The van der Waals surface area contributed by atoms with E-state index >= 15 is 0 Å². The molecule has 0 saturated carbocycles. The first-order valence-corrected chi connectivity index (χ1v) is 6.14. The zero-order chi connectivity index (χ0) is 13.7. The second-order valence-electron chi connectivity index (χ2n) is 3.85. The number of likely N-dealkylation sites (N-methyl/N-ethyl adjacent to an activating group) is 1. The Hall–Kier alpha value is -1.62. The molecule has 1 N–H and O–H groups in total. The maximum atomic E-state index is 11.7. The Morgan fingerprint density at radius 1 is 1.44 bits per heavy atom. The number of amides is 1. The molecule has 0 bridgehead atoms. The molecular formula is C13H14BrNO3. The minimum Gasteiger partial charge on any atom is -0.480 e. The van der Waals surface area contributed by atoms with Crippen LogP contribution in [0.15, 0.2) is 34.8 Å². The minimum atomic E-state index is -1.03. The lowest BCUT2D eigenvalue weighted by Gasteiger charge is -2.19. The SMILES string of the molecule is CC(C(=O)O)N(C)C(=O)C=Cc1cccc(Br)c1. The molecule has 0 saturated heterocycles. The van der Waals surface area contributed by atoms with Gasteiger partial charge in [-0.2, -0.15) is 0 Å². The molecule has 0 heterocycles. The highest BCUT2D eigenvalue weighted by Crippen LogP contribution is 2.12. The first kappa shape index (κ1) is 14.4. The van der Waals surface area contributed by atoms with Gasteiger partial charge in [0.15, 0.2) is 0 Å². The molecule has 1 rings (SSSR count). The van der Waals surface area contributed by atoms with Crippen molar-refractivity contribution in [1.82, 2.24) is 4.90 Å². The maximum absolute atomic E-state index is 11.7. The van der Waals surface area contributed by atoms with Gasteiger partial charge in [-0.25, -0.2) is 4.79 Å². The summed E-state index contributed by atoms with van der Waals surface area (Å²) in [6.45, 7) is 1.47. The molecule has 18 heavy (non-hydrogen) atoms. The molecule has 0 spiro atoms. The zero-order valence-corrected chi connectivity index (χ0v) is 11.7. The number of hydrogen-bond acceptors (Lipinski definition) is 2. The zero-order valence-electron chi connectivity index (χ0n) is 10.1. The van der Waals surface area contributed by atoms with Gasteiger partial charge in [-0.1, -0.05) is 28.1 Å². The summed E-state index contributed by atoms with van der Waals surface area (Å²) in [4.78, 5) is 23.6. The smallest absolute Gasteiger partial charge is 0.326 e. The van der Waals surface area contributed by atoms with Gasteiger partial charge >= 0.3 is 5.97 Å². The first-order valence-electron chi connectivity index (χ1n) is 5.35. The number of hydrogen-bond donors (Lipinski definition) is 1. The van der Waals surface area contributed by atoms with Crippen LogP contribution in [0.2, 0.25) is 0 Å². The molecule has 1 amide bonds. The van der Waals surface area contributed by atoms with Crippen LogP contribution in [-0.2, 0) is 9.59 Å². The lowest BCUT2D eigenvalue weighted by molar-refractivity contribution is -0.146. The van der Waals surface area contributed by atoms with Crippen LogP contribution in [0.25, 0.3) is 6.08 Å². The molecule has 0 aliphatic heterocycles. The van der Waals surface area contributed by atoms with Gasteiger partial charge in [-0.05, 0) is 30.7 Å². The van der Waals surface area contributed by atoms with Crippen molar-refractivity contribution in [3.8, 4) is 0 Å². The number of carbonyl (C=O) groups is 2. The van der Waals surface area contributed by atoms with Crippen molar-refractivity contribution < 1.29 is 14.7 Å². The highest BCUT2D eigenvalue weighted by atomic mass is 79.9. The third-order valence-corrected chi connectivity index (χ3v) is 3.05. The summed E-state index contributed by atoms with van der Waals surface area (Å²) >= 11 is 3.33. The van der Waals surface area contributed by atoms with E-state index in [1.165, 1.54) is 24.9 Å². The molecule has 1 atom stereocenters. The van der Waals surface area contributed by atoms with Crippen LogP contribution in [-0.4, -0.2) is 35.0 Å². The van der Waals surface area contributed by atoms with E-state index < -0.39 is 12.0 Å². The predicted octanol–water partition coefficient (Wildman–Crippen LogP) is 2.39. The lowest BCUT2D eigenvalue weighted by atomic mass is 10.2. The number of carboxylic acids is 1. The number of nitrogens with zero attached hydrogens (tertiary/aromatic N) is 1. The number of carboxylic acid groups (broad SMARTS) is 1. The fourth-order valence-corrected chi connectivity index (χ4v) is 1.67. The van der Waals surface area contributed by atoms with Gasteiger partial charge in [0.05, 0.1) is 0 Å². The number of benzene rings is 1. The van der Waals surface area contributed by atoms with E-state index in [1.807, 2.05) is 24.3 Å². The number of rotatable bonds is 4. The second-order valence-corrected chi connectivity index (χ2v) is 4.77. The van der Waals surface area contributed by atoms with Crippen molar-refractivity contribution in [3.05, 3.63) is 40.4 Å². The summed E-state index contributed by atoms with van der Waals surface area (Å²) in [6, 6.07) is 6.62. The monoisotopic (exact) mass is 311 g/mol. The number of aliphatic carboxylic acids is 1. The van der Waals surface area contributed by atoms with Gasteiger partial charge in [0, 0.05) is 17.6 Å². The highest BCUT2D eigenvalue weighted by Gasteiger charge is 2.19. The van der Waals surface area contributed by atoms with Crippen molar-refractivity contribution >= 4 is 33.9 Å². The van der Waals surface area contributed by atoms with Crippen molar-refractivity contribution in [2.75, 3.05) is 7.05 Å². The van der Waals surface area contributed by atoms with Crippen molar-refractivity contribution in [2.24, 2.45) is 0 Å². The van der Waals surface area contributed by atoms with Crippen LogP contribution in [0.3, 0.4) is 0 Å². The summed E-state index contributed by atoms with van der Waals surface area (Å²) in [6.07, 6.45) is 3.01. The van der Waals surface area contributed by atoms with Crippen LogP contribution >= 0.6 is 15.9 Å². The third kappa shape index (κ3) is 4.00. The Balaban J connectivity index is 2.73. The average Bonchev–Trinajstić information content (AvgIpc) is 2.34. The Labute approximate surface area is 114 Å². The quantitative estimate of drug-likeness (QED) is 0.869. The topological polar surface area (TPSA) is 57.6 Å². The average molecular weight is 312 g/mol. The van der Waals surface area contributed by atoms with Crippen molar-refractivity contribution in [1.29, 1.82) is 0 Å². The van der Waals surface area contributed by atoms with Gasteiger partial charge in [0.2, 0.25) is 5.91 Å². The van der Waals surface area contributed by atoms with Crippen LogP contribution in [0.1, 0.15) is 12.5 Å². The fraction of sp³-hybridized carbons (Fsp3) is 0.231. The van der Waals surface area contributed by atoms with Crippen molar-refractivity contribution in [2.45, 2.75) is 13.0 Å². The minimum absolute atomic E-state index is 0.343. The molecule has 96 valence electrons. The summed E-state index contributed by atoms with van der Waals surface area (Å²) in [5.74, 6) is -1.37. The lowest BCUT2D eigenvalue weighted by Crippen LogP contribution is -2.39. The van der Waals surface area contributed by atoms with Gasteiger partial charge in [0.1, 0.15) is 6.04 Å². The summed E-state index contributed by atoms with van der Waals surface area (Å²) in [5.41, 5.74) is 0.870. The number of halogens is 1. The van der Waals surface area contributed by atoms with E-state index in [2.05, 4.69) is 15.9 Å². The van der Waals surface area contributed by atoms with E-state index in [0.717, 1.165) is 10.0 Å². The Morgan fingerprint density at radius 2 is 2.11 bits per heavy atom. The molecule has 5 heteroatoms. The molecule has 1 unspecified atom stereocenters. The molecule has 0 radical (unpaired) electrons. The maximum Gasteiger partial charge on any atom is 0.326 e. The normalized spacial score (nSPS) is 12.4. The van der Waals surface area contributed by atoms with E-state index in [4.69, 9.17) is 5.11 Å². The molecule has 1 aromatic rings. The van der Waals surface area contributed by atoms with Gasteiger partial charge < -0.3 is 10.0 Å². The Kier molecular flexibility index (Phi) is 5.09.